The van der Waals surface area contributed by atoms with E-state index < -0.39 is 18.4 Å². The number of likely N-dealkylation sites (N-methyl/N-ethyl adjacent to an activating group) is 1. The van der Waals surface area contributed by atoms with E-state index in [1.807, 2.05) is 21.1 Å². The Labute approximate surface area is 521 Å². The minimum Gasteiger partial charge on any atom is -0.477 e. The van der Waals surface area contributed by atoms with Crippen LogP contribution in [-0.2, 0) is 33.3 Å². The van der Waals surface area contributed by atoms with Gasteiger partial charge in [0.05, 0.1) is 34.4 Å². The van der Waals surface area contributed by atoms with Crippen molar-refractivity contribution in [2.75, 3.05) is 47.5 Å². The van der Waals surface area contributed by atoms with Crippen LogP contribution in [0.5, 0.6) is 0 Å². The average Bonchev–Trinajstić information content (AvgIpc) is 3.52. The van der Waals surface area contributed by atoms with Gasteiger partial charge < -0.3 is 28.5 Å². The molecular weight excluding hydrogens is 1040 g/mol. The minimum absolute atomic E-state index is 0.180. The summed E-state index contributed by atoms with van der Waals surface area (Å²) >= 11 is 0. The molecule has 0 heterocycles. The molecule has 0 aliphatic heterocycles. The lowest BCUT2D eigenvalue weighted by Crippen LogP contribution is -2.40. The lowest BCUT2D eigenvalue weighted by Gasteiger charge is -2.25. The zero-order chi connectivity index (χ0) is 61.2. The Morgan fingerprint density at radius 3 is 0.964 bits per heavy atom. The van der Waals surface area contributed by atoms with Gasteiger partial charge in [-0.15, -0.1) is 0 Å². The highest BCUT2D eigenvalue weighted by Crippen LogP contribution is 2.18. The highest BCUT2D eigenvalue weighted by Gasteiger charge is 2.25. The normalized spacial score (nSPS) is 12.9. The number of ether oxygens (including phenoxy) is 4. The van der Waals surface area contributed by atoms with E-state index in [-0.39, 0.29) is 38.2 Å². The van der Waals surface area contributed by atoms with Crippen LogP contribution in [0.15, 0.2) is 48.6 Å². The fraction of sp³-hybridized carbons (Fsp3) is 0.853. The number of carboxylic acid groups (broad SMARTS) is 1. The van der Waals surface area contributed by atoms with Crippen molar-refractivity contribution < 1.29 is 42.9 Å². The Balaban J connectivity index is 3.94. The number of carbonyl (C=O) groups excluding carboxylic acids is 2. The number of nitrogens with zero attached hydrogens (tertiary/aromatic N) is 1. The van der Waals surface area contributed by atoms with Gasteiger partial charge in [-0.2, -0.15) is 0 Å². The van der Waals surface area contributed by atoms with Crippen molar-refractivity contribution in [2.24, 2.45) is 0 Å². The predicted molar refractivity (Wildman–Crippen MR) is 360 cm³/mol. The van der Waals surface area contributed by atoms with Gasteiger partial charge >= 0.3 is 17.9 Å². The van der Waals surface area contributed by atoms with Crippen LogP contribution in [0.1, 0.15) is 354 Å². The van der Waals surface area contributed by atoms with Crippen LogP contribution in [-0.4, -0.2) is 87.4 Å². The fourth-order valence-electron chi connectivity index (χ4n) is 10.7. The largest absolute Gasteiger partial charge is 0.477 e. The summed E-state index contributed by atoms with van der Waals surface area (Å²) in [7, 11) is 5.98. The van der Waals surface area contributed by atoms with Gasteiger partial charge in [0, 0.05) is 12.8 Å². The Bertz CT molecular complexity index is 1520. The second-order valence-corrected chi connectivity index (χ2v) is 25.9. The molecule has 9 nitrogen and oxygen atoms in total. The molecule has 0 radical (unpaired) electrons. The molecule has 84 heavy (non-hydrogen) atoms. The fourth-order valence-corrected chi connectivity index (χ4v) is 10.7. The standard InChI is InChI=1S/C75H139NO8/c1-6-8-10-12-14-16-18-20-22-24-26-27-28-29-30-31-32-33-34-35-36-37-38-39-40-41-42-43-44-45-46-47-48-50-52-54-56-58-60-62-64-66-73(78)84-71(70-83-75(74(79)80)81-68-67-76(3,4)5)69-82-72(77)65-63-61-59-57-55-53-51-49-25-23-21-19-17-15-13-11-9-7-2/h18,20,23-26,28-29,71,75H,6-17,19,21-22,27,30-70H2,1-5H3/p+1/b20-18-,25-23-,26-24-,29-28-. The molecule has 9 heteroatoms. The van der Waals surface area contributed by atoms with E-state index in [2.05, 4.69) is 62.5 Å². The molecule has 0 saturated heterocycles. The number of carbonyl (C=O) groups is 3. The molecule has 2 atom stereocenters. The van der Waals surface area contributed by atoms with Crippen molar-refractivity contribution in [3.63, 3.8) is 0 Å². The summed E-state index contributed by atoms with van der Waals surface area (Å²) in [6.45, 7) is 4.91. The molecule has 492 valence electrons. The van der Waals surface area contributed by atoms with E-state index >= 15 is 0 Å². The van der Waals surface area contributed by atoms with Crippen LogP contribution in [0, 0.1) is 0 Å². The van der Waals surface area contributed by atoms with Crippen molar-refractivity contribution in [2.45, 2.75) is 367 Å². The SMILES string of the molecule is CCCCCCC/C=C\C/C=C\C/C=C\CCCCCCCCCCCCCCCCCCCCCCCCCCCCC(=O)OC(COC(=O)CCCCCCCCC/C=C\CCCCCCCCC)COC(OCC[N+](C)(C)C)C(=O)O. The summed E-state index contributed by atoms with van der Waals surface area (Å²) in [5.41, 5.74) is 0. The van der Waals surface area contributed by atoms with E-state index in [0.717, 1.165) is 51.4 Å². The third-order valence-electron chi connectivity index (χ3n) is 16.3. The molecule has 0 rings (SSSR count). The Morgan fingerprint density at radius 1 is 0.357 bits per heavy atom. The smallest absolute Gasteiger partial charge is 0.361 e. The number of allylic oxidation sites excluding steroid dienone is 8. The van der Waals surface area contributed by atoms with Crippen LogP contribution < -0.4 is 0 Å². The lowest BCUT2D eigenvalue weighted by atomic mass is 10.0. The topological polar surface area (TPSA) is 108 Å². The monoisotopic (exact) mass is 1180 g/mol. The Hall–Kier alpha value is -2.75. The first-order chi connectivity index (χ1) is 41.1. The van der Waals surface area contributed by atoms with Crippen LogP contribution >= 0.6 is 0 Å². The number of esters is 2. The van der Waals surface area contributed by atoms with Gasteiger partial charge in [0.25, 0.3) is 6.29 Å². The number of unbranched alkanes of at least 4 members (excludes halogenated alkanes) is 45. The van der Waals surface area contributed by atoms with Gasteiger partial charge in [-0.05, 0) is 77.0 Å². The van der Waals surface area contributed by atoms with Gasteiger partial charge in [-0.3, -0.25) is 9.59 Å². The zero-order valence-electron chi connectivity index (χ0n) is 56.3. The van der Waals surface area contributed by atoms with Crippen molar-refractivity contribution >= 4 is 17.9 Å². The maximum absolute atomic E-state index is 12.9. The van der Waals surface area contributed by atoms with Crippen LogP contribution in [0.4, 0.5) is 0 Å². The molecular formula is C75H140NO8+. The van der Waals surface area contributed by atoms with Crippen molar-refractivity contribution in [1.29, 1.82) is 0 Å². The van der Waals surface area contributed by atoms with Gasteiger partial charge in [0.1, 0.15) is 13.2 Å². The minimum atomic E-state index is -1.51. The molecule has 0 aliphatic carbocycles. The van der Waals surface area contributed by atoms with Crippen LogP contribution in [0.3, 0.4) is 0 Å². The molecule has 0 aromatic heterocycles. The summed E-state index contributed by atoms with van der Waals surface area (Å²) in [5, 5.41) is 9.73. The quantitative estimate of drug-likeness (QED) is 0.0211. The van der Waals surface area contributed by atoms with E-state index in [4.69, 9.17) is 18.9 Å². The second-order valence-electron chi connectivity index (χ2n) is 25.9. The number of rotatable bonds is 68. The number of quaternary nitrogens is 1. The summed E-state index contributed by atoms with van der Waals surface area (Å²) in [4.78, 5) is 37.6. The Morgan fingerprint density at radius 2 is 0.643 bits per heavy atom. The van der Waals surface area contributed by atoms with E-state index in [9.17, 15) is 19.5 Å². The number of hydrogen-bond donors (Lipinski definition) is 1. The molecule has 2 unspecified atom stereocenters. The number of hydrogen-bond acceptors (Lipinski definition) is 7. The maximum atomic E-state index is 12.9. The molecule has 0 spiro atoms. The summed E-state index contributed by atoms with van der Waals surface area (Å²) in [6, 6.07) is 0. The van der Waals surface area contributed by atoms with E-state index in [1.54, 1.807) is 0 Å². The third-order valence-corrected chi connectivity index (χ3v) is 16.3. The van der Waals surface area contributed by atoms with Gasteiger partial charge in [-0.25, -0.2) is 4.79 Å². The molecule has 0 aromatic carbocycles. The van der Waals surface area contributed by atoms with Crippen LogP contribution in [0.25, 0.3) is 0 Å². The highest BCUT2D eigenvalue weighted by molar-refractivity contribution is 5.71. The second kappa shape index (κ2) is 66.2. The Kier molecular flexibility index (Phi) is 64.0. The molecule has 0 amide bonds. The van der Waals surface area contributed by atoms with Crippen molar-refractivity contribution in [1.82, 2.24) is 0 Å². The zero-order valence-corrected chi connectivity index (χ0v) is 56.3. The van der Waals surface area contributed by atoms with Gasteiger partial charge in [0.15, 0.2) is 6.10 Å². The molecule has 0 saturated carbocycles. The summed E-state index contributed by atoms with van der Waals surface area (Å²) in [6.07, 6.45) is 82.5. The summed E-state index contributed by atoms with van der Waals surface area (Å²) in [5.74, 6) is -1.99. The van der Waals surface area contributed by atoms with Crippen LogP contribution in [0.2, 0.25) is 0 Å². The third kappa shape index (κ3) is 66.8. The van der Waals surface area contributed by atoms with Crippen molar-refractivity contribution in [3.8, 4) is 0 Å². The van der Waals surface area contributed by atoms with Gasteiger partial charge in [0.2, 0.25) is 0 Å². The summed E-state index contributed by atoms with van der Waals surface area (Å²) < 4.78 is 23.0. The maximum Gasteiger partial charge on any atom is 0.361 e. The van der Waals surface area contributed by atoms with E-state index in [0.29, 0.717) is 17.4 Å². The molecule has 0 fully saturated rings. The predicted octanol–water partition coefficient (Wildman–Crippen LogP) is 22.5. The molecule has 0 aliphatic rings. The van der Waals surface area contributed by atoms with E-state index in [1.165, 1.54) is 276 Å². The first-order valence-corrected chi connectivity index (χ1v) is 36.3. The number of aliphatic carboxylic acids is 1. The first-order valence-electron chi connectivity index (χ1n) is 36.3. The molecule has 0 bridgehead atoms. The average molecular weight is 1180 g/mol. The van der Waals surface area contributed by atoms with Crippen molar-refractivity contribution in [3.05, 3.63) is 48.6 Å². The first kappa shape index (κ1) is 81.2. The van der Waals surface area contributed by atoms with Gasteiger partial charge in [-0.1, -0.05) is 313 Å². The number of carboxylic acids is 1. The highest BCUT2D eigenvalue weighted by atomic mass is 16.7. The lowest BCUT2D eigenvalue weighted by molar-refractivity contribution is -0.870. The molecule has 0 aromatic rings. The molecule has 1 N–H and O–H groups in total.